The molecule has 1 saturated heterocycles. The van der Waals surface area contributed by atoms with Crippen molar-refractivity contribution in [3.63, 3.8) is 0 Å². The van der Waals surface area contributed by atoms with E-state index >= 15 is 0 Å². The number of aliphatic hydroxyl groups excluding tert-OH is 1. The zero-order chi connectivity index (χ0) is 21.8. The molecular formula is C24H28N2O4S. The molecule has 1 atom stereocenters. The summed E-state index contributed by atoms with van der Waals surface area (Å²) in [5, 5.41) is 12.5. The summed E-state index contributed by atoms with van der Waals surface area (Å²) < 4.78 is 5.40. The fraction of sp³-hybridized carbons (Fsp3) is 0.417. The topological polar surface area (TPSA) is 70.1 Å². The Kier molecular flexibility index (Phi) is 6.85. The summed E-state index contributed by atoms with van der Waals surface area (Å²) in [6, 6.07) is 10.9. The van der Waals surface area contributed by atoms with Gasteiger partial charge in [-0.2, -0.15) is 0 Å². The first kappa shape index (κ1) is 21.7. The van der Waals surface area contributed by atoms with Crippen molar-refractivity contribution in [1.29, 1.82) is 0 Å². The lowest BCUT2D eigenvalue weighted by Gasteiger charge is -2.30. The predicted molar refractivity (Wildman–Crippen MR) is 120 cm³/mol. The van der Waals surface area contributed by atoms with Gasteiger partial charge in [0.15, 0.2) is 5.76 Å². The molecule has 31 heavy (non-hydrogen) atoms. The van der Waals surface area contributed by atoms with Gasteiger partial charge in [0, 0.05) is 26.2 Å². The molecule has 1 aromatic carbocycles. The second kappa shape index (κ2) is 9.77. The molecule has 1 N–H and O–H groups in total. The van der Waals surface area contributed by atoms with Gasteiger partial charge < -0.3 is 14.7 Å². The Hall–Kier alpha value is -2.48. The largest absolute Gasteiger partial charge is 0.503 e. The lowest BCUT2D eigenvalue weighted by atomic mass is 9.94. The molecule has 6 nitrogen and oxygen atoms in total. The van der Waals surface area contributed by atoms with Crippen LogP contribution in [0.15, 0.2) is 53.1 Å². The van der Waals surface area contributed by atoms with Crippen LogP contribution in [0.5, 0.6) is 0 Å². The molecule has 1 amide bonds. The van der Waals surface area contributed by atoms with Gasteiger partial charge in [0.25, 0.3) is 5.91 Å². The summed E-state index contributed by atoms with van der Waals surface area (Å²) in [5.74, 6) is -1.16. The molecule has 1 fully saturated rings. The van der Waals surface area contributed by atoms with Crippen molar-refractivity contribution < 1.29 is 19.4 Å². The van der Waals surface area contributed by atoms with Gasteiger partial charge in [0.1, 0.15) is 0 Å². The molecule has 0 radical (unpaired) electrons. The van der Waals surface area contributed by atoms with Crippen molar-refractivity contribution in [3.8, 4) is 0 Å². The van der Waals surface area contributed by atoms with Crippen LogP contribution < -0.4 is 0 Å². The molecule has 164 valence electrons. The van der Waals surface area contributed by atoms with E-state index in [1.54, 1.807) is 17.0 Å². The lowest BCUT2D eigenvalue weighted by Crippen LogP contribution is -2.39. The van der Waals surface area contributed by atoms with E-state index in [-0.39, 0.29) is 11.4 Å². The average Bonchev–Trinajstić information content (AvgIpc) is 3.43. The second-order valence-electron chi connectivity index (χ2n) is 7.87. The number of thiophene rings is 1. The maximum absolute atomic E-state index is 13.2. The van der Waals surface area contributed by atoms with Gasteiger partial charge >= 0.3 is 0 Å². The van der Waals surface area contributed by atoms with E-state index in [9.17, 15) is 14.7 Å². The number of aryl methyl sites for hydroxylation is 1. The Morgan fingerprint density at radius 3 is 2.55 bits per heavy atom. The number of carbonyl (C=O) groups is 2. The normalized spacial score (nSPS) is 20.0. The van der Waals surface area contributed by atoms with E-state index in [1.165, 1.54) is 16.9 Å². The van der Waals surface area contributed by atoms with E-state index in [1.807, 2.05) is 29.6 Å². The van der Waals surface area contributed by atoms with Gasteiger partial charge in [-0.1, -0.05) is 37.3 Å². The van der Waals surface area contributed by atoms with Crippen LogP contribution >= 0.6 is 11.3 Å². The van der Waals surface area contributed by atoms with Crippen molar-refractivity contribution in [2.45, 2.75) is 25.8 Å². The number of ether oxygens (including phenoxy) is 1. The molecule has 0 aliphatic carbocycles. The number of amides is 1. The SMILES string of the molecule is CCc1ccc(C2C(C(=O)c3cccs3)=C(O)C(=O)N2CCCN2CCOCC2)cc1. The molecule has 2 aromatic rings. The molecular weight excluding hydrogens is 412 g/mol. The molecule has 2 aliphatic rings. The number of Topliss-reactive ketones (excluding diaryl/α,β-unsaturated/α-hetero) is 1. The third-order valence-electron chi connectivity index (χ3n) is 5.97. The Balaban J connectivity index is 1.59. The molecule has 0 bridgehead atoms. The number of aliphatic hydroxyl groups is 1. The number of morpholine rings is 1. The average molecular weight is 441 g/mol. The number of rotatable bonds is 8. The highest BCUT2D eigenvalue weighted by molar-refractivity contribution is 7.12. The summed E-state index contributed by atoms with van der Waals surface area (Å²) in [5.41, 5.74) is 2.22. The van der Waals surface area contributed by atoms with Crippen LogP contribution in [0.3, 0.4) is 0 Å². The minimum Gasteiger partial charge on any atom is -0.503 e. The number of benzene rings is 1. The van der Waals surface area contributed by atoms with Crippen molar-refractivity contribution in [3.05, 3.63) is 69.1 Å². The fourth-order valence-corrected chi connectivity index (χ4v) is 4.91. The van der Waals surface area contributed by atoms with Gasteiger partial charge in [-0.15, -0.1) is 11.3 Å². The van der Waals surface area contributed by atoms with E-state index < -0.39 is 17.7 Å². The van der Waals surface area contributed by atoms with Crippen molar-refractivity contribution in [2.75, 3.05) is 39.4 Å². The van der Waals surface area contributed by atoms with Gasteiger partial charge in [-0.3, -0.25) is 14.5 Å². The van der Waals surface area contributed by atoms with E-state index in [2.05, 4.69) is 11.8 Å². The van der Waals surface area contributed by atoms with Crippen molar-refractivity contribution in [1.82, 2.24) is 9.80 Å². The van der Waals surface area contributed by atoms with Gasteiger partial charge in [0.05, 0.1) is 29.7 Å². The molecule has 0 saturated carbocycles. The number of hydrogen-bond acceptors (Lipinski definition) is 6. The fourth-order valence-electron chi connectivity index (χ4n) is 4.23. The van der Waals surface area contributed by atoms with Gasteiger partial charge in [-0.25, -0.2) is 0 Å². The zero-order valence-electron chi connectivity index (χ0n) is 17.8. The van der Waals surface area contributed by atoms with Crippen LogP contribution in [0.1, 0.15) is 40.2 Å². The molecule has 4 rings (SSSR count). The Morgan fingerprint density at radius 2 is 1.90 bits per heavy atom. The quantitative estimate of drug-likeness (QED) is 0.635. The first-order valence-electron chi connectivity index (χ1n) is 10.8. The molecule has 0 spiro atoms. The van der Waals surface area contributed by atoms with Crippen LogP contribution in [0, 0.1) is 0 Å². The summed E-state index contributed by atoms with van der Waals surface area (Å²) in [4.78, 5) is 30.7. The Bertz CT molecular complexity index is 946. The minimum atomic E-state index is -0.572. The first-order valence-corrected chi connectivity index (χ1v) is 11.7. The van der Waals surface area contributed by atoms with E-state index in [0.29, 0.717) is 11.4 Å². The third-order valence-corrected chi connectivity index (χ3v) is 6.84. The monoisotopic (exact) mass is 440 g/mol. The summed E-state index contributed by atoms with van der Waals surface area (Å²) in [6.45, 7) is 6.66. The standard InChI is InChI=1S/C24H28N2O4S/c1-2-17-6-8-18(9-7-17)21-20(22(27)19-5-3-16-31-19)23(28)24(29)26(21)11-4-10-25-12-14-30-15-13-25/h3,5-9,16,21,28H,2,4,10-15H2,1H3. The summed E-state index contributed by atoms with van der Waals surface area (Å²) in [7, 11) is 0. The van der Waals surface area contributed by atoms with E-state index in [0.717, 1.165) is 51.3 Å². The third kappa shape index (κ3) is 4.59. The summed E-state index contributed by atoms with van der Waals surface area (Å²) in [6.07, 6.45) is 1.68. The molecule has 1 aromatic heterocycles. The zero-order valence-corrected chi connectivity index (χ0v) is 18.6. The maximum Gasteiger partial charge on any atom is 0.290 e. The highest BCUT2D eigenvalue weighted by Crippen LogP contribution is 2.39. The Labute approximate surface area is 186 Å². The summed E-state index contributed by atoms with van der Waals surface area (Å²) >= 11 is 1.32. The highest BCUT2D eigenvalue weighted by atomic mass is 32.1. The predicted octanol–water partition coefficient (Wildman–Crippen LogP) is 3.61. The number of carbonyl (C=O) groups excluding carboxylic acids is 2. The van der Waals surface area contributed by atoms with Crippen molar-refractivity contribution in [2.24, 2.45) is 0 Å². The molecule has 3 heterocycles. The highest BCUT2D eigenvalue weighted by Gasteiger charge is 2.43. The van der Waals surface area contributed by atoms with Crippen LogP contribution in [-0.2, 0) is 16.0 Å². The van der Waals surface area contributed by atoms with Crippen LogP contribution in [0.4, 0.5) is 0 Å². The number of ketones is 1. The van der Waals surface area contributed by atoms with Crippen LogP contribution in [0.2, 0.25) is 0 Å². The number of hydrogen-bond donors (Lipinski definition) is 1. The molecule has 2 aliphatic heterocycles. The second-order valence-corrected chi connectivity index (χ2v) is 8.82. The van der Waals surface area contributed by atoms with Gasteiger partial charge in [0.2, 0.25) is 5.78 Å². The van der Waals surface area contributed by atoms with Crippen LogP contribution in [-0.4, -0.2) is 66.0 Å². The number of nitrogens with zero attached hydrogens (tertiary/aromatic N) is 2. The van der Waals surface area contributed by atoms with E-state index in [4.69, 9.17) is 4.74 Å². The molecule has 1 unspecified atom stereocenters. The van der Waals surface area contributed by atoms with Crippen LogP contribution in [0.25, 0.3) is 0 Å². The smallest absolute Gasteiger partial charge is 0.290 e. The van der Waals surface area contributed by atoms with Gasteiger partial charge in [-0.05, 0) is 35.4 Å². The maximum atomic E-state index is 13.2. The van der Waals surface area contributed by atoms with Crippen molar-refractivity contribution >= 4 is 23.0 Å². The lowest BCUT2D eigenvalue weighted by molar-refractivity contribution is -0.129. The first-order chi connectivity index (χ1) is 15.1. The molecule has 7 heteroatoms. The minimum absolute atomic E-state index is 0.183. The Morgan fingerprint density at radius 1 is 1.16 bits per heavy atom.